The first-order valence-corrected chi connectivity index (χ1v) is 10.9. The average Bonchev–Trinajstić information content (AvgIpc) is 3.46. The highest BCUT2D eigenvalue weighted by Gasteiger charge is 2.32. The number of nitrogens with zero attached hydrogens (tertiary/aromatic N) is 4. The van der Waals surface area contributed by atoms with E-state index < -0.39 is 12.7 Å². The van der Waals surface area contributed by atoms with E-state index in [0.29, 0.717) is 46.6 Å². The predicted molar refractivity (Wildman–Crippen MR) is 120 cm³/mol. The number of nitrogens with two attached hydrogens (primary N) is 1. The lowest BCUT2D eigenvalue weighted by molar-refractivity contribution is -0.140. The van der Waals surface area contributed by atoms with Crippen molar-refractivity contribution >= 4 is 28.0 Å². The molecule has 2 N–H and O–H groups in total. The third-order valence-corrected chi connectivity index (χ3v) is 6.22. The van der Waals surface area contributed by atoms with Crippen LogP contribution in [0.1, 0.15) is 23.2 Å². The van der Waals surface area contributed by atoms with Gasteiger partial charge in [-0.15, -0.1) is 0 Å². The molecule has 34 heavy (non-hydrogen) atoms. The summed E-state index contributed by atoms with van der Waals surface area (Å²) < 4.78 is 53.7. The molecule has 5 rings (SSSR count). The molecule has 1 atom stereocenters. The summed E-state index contributed by atoms with van der Waals surface area (Å²) in [5, 5.41) is 0.538. The number of halogens is 3. The van der Waals surface area contributed by atoms with E-state index in [1.165, 1.54) is 13.4 Å². The van der Waals surface area contributed by atoms with Crippen molar-refractivity contribution in [1.29, 1.82) is 0 Å². The predicted octanol–water partition coefficient (Wildman–Crippen LogP) is 3.92. The van der Waals surface area contributed by atoms with E-state index >= 15 is 0 Å². The number of benzene rings is 1. The molecule has 180 valence electrons. The Morgan fingerprint density at radius 1 is 1.32 bits per heavy atom. The molecule has 1 aliphatic heterocycles. The fourth-order valence-corrected chi connectivity index (χ4v) is 4.69. The van der Waals surface area contributed by atoms with E-state index in [4.69, 9.17) is 14.9 Å². The first-order valence-electron chi connectivity index (χ1n) is 10.9. The van der Waals surface area contributed by atoms with Crippen LogP contribution in [-0.2, 0) is 13.6 Å². The van der Waals surface area contributed by atoms with E-state index in [2.05, 4.69) is 4.98 Å². The number of methoxy groups -OCH3 is 1. The summed E-state index contributed by atoms with van der Waals surface area (Å²) in [6.45, 7) is -0.139. The number of aryl methyl sites for hydroxylation is 1. The van der Waals surface area contributed by atoms with Crippen molar-refractivity contribution in [2.45, 2.75) is 31.6 Å². The first-order chi connectivity index (χ1) is 16.2. The van der Waals surface area contributed by atoms with Gasteiger partial charge in [0.25, 0.3) is 5.91 Å². The van der Waals surface area contributed by atoms with Gasteiger partial charge in [-0.25, -0.2) is 4.98 Å². The van der Waals surface area contributed by atoms with Crippen molar-refractivity contribution in [3.8, 4) is 17.3 Å². The van der Waals surface area contributed by atoms with Gasteiger partial charge in [0.15, 0.2) is 5.82 Å². The Labute approximate surface area is 192 Å². The van der Waals surface area contributed by atoms with Crippen molar-refractivity contribution in [2.75, 3.05) is 20.2 Å². The largest absolute Gasteiger partial charge is 0.494 e. The fraction of sp³-hybridized carbons (Fsp3) is 0.391. The molecule has 0 bridgehead atoms. The number of fused-ring (bicyclic) bond motifs is 2. The molecule has 8 nitrogen and oxygen atoms in total. The van der Waals surface area contributed by atoms with E-state index in [-0.39, 0.29) is 23.4 Å². The molecule has 0 saturated carbocycles. The second kappa shape index (κ2) is 8.08. The highest BCUT2D eigenvalue weighted by atomic mass is 19.4. The summed E-state index contributed by atoms with van der Waals surface area (Å²) in [7, 11) is 3.18. The number of furan rings is 1. The number of hydrogen-bond acceptors (Lipinski definition) is 5. The molecule has 1 unspecified atom stereocenters. The van der Waals surface area contributed by atoms with Crippen molar-refractivity contribution in [3.63, 3.8) is 0 Å². The number of hydrogen-bond donors (Lipinski definition) is 1. The van der Waals surface area contributed by atoms with Gasteiger partial charge >= 0.3 is 6.18 Å². The number of rotatable bonds is 4. The minimum atomic E-state index is -4.45. The quantitative estimate of drug-likeness (QED) is 0.483. The number of imidazole rings is 1. The summed E-state index contributed by atoms with van der Waals surface area (Å²) in [6, 6.07) is 6.43. The van der Waals surface area contributed by atoms with Crippen molar-refractivity contribution in [2.24, 2.45) is 12.8 Å². The number of ether oxygens (including phenoxy) is 1. The maximum atomic E-state index is 13.4. The summed E-state index contributed by atoms with van der Waals surface area (Å²) >= 11 is 0. The van der Waals surface area contributed by atoms with Gasteiger partial charge in [-0.1, -0.05) is 0 Å². The summed E-state index contributed by atoms with van der Waals surface area (Å²) in [6.07, 6.45) is -1.40. The van der Waals surface area contributed by atoms with Crippen LogP contribution in [0.15, 0.2) is 34.9 Å². The number of likely N-dealkylation sites (tertiary alicyclic amines) is 1. The molecular formula is C23H24F3N5O3. The van der Waals surface area contributed by atoms with Gasteiger partial charge in [0, 0.05) is 37.1 Å². The lowest BCUT2D eigenvalue weighted by Gasteiger charge is -2.30. The van der Waals surface area contributed by atoms with Crippen molar-refractivity contribution in [3.05, 3.63) is 36.1 Å². The Morgan fingerprint density at radius 3 is 2.82 bits per heavy atom. The standard InChI is InChI=1S/C23H24F3N5O3/c1-29-19-16(8-14(10-18(19)33-2)21(32)30-6-3-4-15(27)11-30)28-20(29)17-9-13-5-7-34-22(13)31(17)12-23(24,25)26/h5,7-10,15H,3-4,6,11-12,27H2,1-2H3. The maximum absolute atomic E-state index is 13.4. The third-order valence-electron chi connectivity index (χ3n) is 6.22. The minimum Gasteiger partial charge on any atom is -0.494 e. The fourth-order valence-electron chi connectivity index (χ4n) is 4.69. The van der Waals surface area contributed by atoms with Gasteiger partial charge in [-0.05, 0) is 37.1 Å². The van der Waals surface area contributed by atoms with Crippen LogP contribution in [0.3, 0.4) is 0 Å². The Bertz CT molecular complexity index is 1380. The molecule has 4 heterocycles. The van der Waals surface area contributed by atoms with Crippen LogP contribution in [0, 0.1) is 0 Å². The zero-order valence-corrected chi connectivity index (χ0v) is 18.7. The Balaban J connectivity index is 1.63. The number of carbonyl (C=O) groups is 1. The Kier molecular flexibility index (Phi) is 5.31. The van der Waals surface area contributed by atoms with Crippen LogP contribution >= 0.6 is 0 Å². The van der Waals surface area contributed by atoms with Gasteiger partial charge in [0.05, 0.1) is 24.6 Å². The number of aromatic nitrogens is 3. The molecular weight excluding hydrogens is 451 g/mol. The zero-order valence-electron chi connectivity index (χ0n) is 18.7. The number of amides is 1. The van der Waals surface area contributed by atoms with Crippen molar-refractivity contribution < 1.29 is 27.1 Å². The molecule has 11 heteroatoms. The van der Waals surface area contributed by atoms with Gasteiger partial charge in [0.2, 0.25) is 5.71 Å². The maximum Gasteiger partial charge on any atom is 0.406 e. The average molecular weight is 475 g/mol. The topological polar surface area (TPSA) is 91.5 Å². The van der Waals surface area contributed by atoms with Crippen LogP contribution in [0.2, 0.25) is 0 Å². The summed E-state index contributed by atoms with van der Waals surface area (Å²) in [5.41, 5.74) is 7.80. The Hall–Kier alpha value is -3.47. The highest BCUT2D eigenvalue weighted by Crippen LogP contribution is 2.36. The molecule has 1 aromatic carbocycles. The lowest BCUT2D eigenvalue weighted by Crippen LogP contribution is -2.45. The molecule has 3 aromatic heterocycles. The van der Waals surface area contributed by atoms with E-state index in [1.807, 2.05) is 0 Å². The van der Waals surface area contributed by atoms with Crippen LogP contribution in [0.4, 0.5) is 13.2 Å². The summed E-state index contributed by atoms with van der Waals surface area (Å²) in [4.78, 5) is 19.5. The summed E-state index contributed by atoms with van der Waals surface area (Å²) in [5.74, 6) is 0.523. The highest BCUT2D eigenvalue weighted by molar-refractivity contribution is 6.00. The number of piperidine rings is 1. The van der Waals surface area contributed by atoms with Crippen LogP contribution in [0.5, 0.6) is 5.75 Å². The molecule has 0 spiro atoms. The normalized spacial score (nSPS) is 17.1. The van der Waals surface area contributed by atoms with Crippen LogP contribution < -0.4 is 10.5 Å². The molecule has 1 saturated heterocycles. The third kappa shape index (κ3) is 3.79. The van der Waals surface area contributed by atoms with Crippen molar-refractivity contribution in [1.82, 2.24) is 19.0 Å². The van der Waals surface area contributed by atoms with E-state index in [1.54, 1.807) is 40.8 Å². The van der Waals surface area contributed by atoms with E-state index in [0.717, 1.165) is 17.4 Å². The number of alkyl halides is 3. The molecule has 0 radical (unpaired) electrons. The SMILES string of the molecule is COc1cc(C(=O)N2CCCC(N)C2)cc2nc(-c3cc4ccoc4n3CC(F)(F)F)n(C)c12. The molecule has 1 fully saturated rings. The van der Waals surface area contributed by atoms with Gasteiger partial charge in [-0.2, -0.15) is 13.2 Å². The second-order valence-corrected chi connectivity index (χ2v) is 8.61. The van der Waals surface area contributed by atoms with Gasteiger partial charge in [0.1, 0.15) is 17.8 Å². The van der Waals surface area contributed by atoms with Gasteiger partial charge in [-0.3, -0.25) is 9.36 Å². The first kappa shape index (κ1) is 22.3. The second-order valence-electron chi connectivity index (χ2n) is 8.61. The molecule has 1 aliphatic rings. The molecule has 4 aromatic rings. The minimum absolute atomic E-state index is 0.0654. The lowest BCUT2D eigenvalue weighted by atomic mass is 10.0. The Morgan fingerprint density at radius 2 is 2.12 bits per heavy atom. The van der Waals surface area contributed by atoms with Crippen LogP contribution in [0.25, 0.3) is 33.7 Å². The van der Waals surface area contributed by atoms with Gasteiger partial charge < -0.3 is 24.4 Å². The molecule has 0 aliphatic carbocycles. The monoisotopic (exact) mass is 475 g/mol. The number of carbonyl (C=O) groups excluding carboxylic acids is 1. The smallest absolute Gasteiger partial charge is 0.406 e. The molecule has 1 amide bonds. The van der Waals surface area contributed by atoms with E-state index in [9.17, 15) is 18.0 Å². The zero-order chi connectivity index (χ0) is 24.2. The van der Waals surface area contributed by atoms with Crippen LogP contribution in [-0.4, -0.2) is 57.3 Å².